The average Bonchev–Trinajstić information content (AvgIpc) is 2.11. The van der Waals surface area contributed by atoms with Crippen molar-refractivity contribution in [1.82, 2.24) is 10.2 Å². The molecule has 1 aliphatic rings. The second-order valence-electron chi connectivity index (χ2n) is 3.82. The van der Waals surface area contributed by atoms with Crippen LogP contribution < -0.4 is 5.32 Å². The van der Waals surface area contributed by atoms with Gasteiger partial charge in [0, 0.05) is 26.2 Å². The summed E-state index contributed by atoms with van der Waals surface area (Å²) in [6, 6.07) is 0. The van der Waals surface area contributed by atoms with Gasteiger partial charge in [-0.25, -0.2) is 0 Å². The fourth-order valence-corrected chi connectivity index (χ4v) is 1.48. The molecule has 1 rings (SSSR count). The molecule has 1 N–H and O–H groups in total. The Morgan fingerprint density at radius 1 is 1.47 bits per heavy atom. The summed E-state index contributed by atoms with van der Waals surface area (Å²) in [4.78, 5) is 2.11. The van der Waals surface area contributed by atoms with Crippen LogP contribution in [0.15, 0.2) is 0 Å². The van der Waals surface area contributed by atoms with Gasteiger partial charge in [-0.2, -0.15) is 13.2 Å². The van der Waals surface area contributed by atoms with Crippen LogP contribution >= 0.6 is 0 Å². The first-order valence-electron chi connectivity index (χ1n) is 5.05. The second-order valence-corrected chi connectivity index (χ2v) is 3.82. The highest BCUT2D eigenvalue weighted by atomic mass is 19.4. The number of nitrogens with zero attached hydrogens (tertiary/aromatic N) is 1. The maximum atomic E-state index is 11.8. The van der Waals surface area contributed by atoms with Crippen LogP contribution in [0.5, 0.6) is 0 Å². The van der Waals surface area contributed by atoms with E-state index < -0.39 is 12.6 Å². The van der Waals surface area contributed by atoms with Gasteiger partial charge >= 0.3 is 6.18 Å². The number of likely N-dealkylation sites (N-methyl/N-ethyl adjacent to an activating group) is 1. The zero-order valence-corrected chi connectivity index (χ0v) is 8.81. The summed E-state index contributed by atoms with van der Waals surface area (Å²) in [5.74, 6) is 0. The van der Waals surface area contributed by atoms with Crippen molar-refractivity contribution in [2.45, 2.75) is 18.7 Å². The molecule has 0 bridgehead atoms. The van der Waals surface area contributed by atoms with Crippen LogP contribution in [0.2, 0.25) is 0 Å². The van der Waals surface area contributed by atoms with Crippen LogP contribution in [0.4, 0.5) is 13.2 Å². The highest BCUT2D eigenvalue weighted by molar-refractivity contribution is 4.71. The van der Waals surface area contributed by atoms with Crippen molar-refractivity contribution in [3.63, 3.8) is 0 Å². The maximum Gasteiger partial charge on any atom is 0.390 e. The zero-order chi connectivity index (χ0) is 11.3. The number of ether oxygens (including phenoxy) is 1. The van der Waals surface area contributed by atoms with Gasteiger partial charge in [0.2, 0.25) is 0 Å². The smallest absolute Gasteiger partial charge is 0.374 e. The third kappa shape index (κ3) is 5.96. The standard InChI is InChI=1S/C9H17F3N2O/c1-14-4-5-15-8(7-14)6-13-3-2-9(10,11)12/h8,13H,2-7H2,1H3. The number of nitrogens with one attached hydrogen (secondary N) is 1. The van der Waals surface area contributed by atoms with E-state index in [-0.39, 0.29) is 12.6 Å². The molecule has 1 aliphatic heterocycles. The molecule has 0 spiro atoms. The molecule has 0 aromatic carbocycles. The van der Waals surface area contributed by atoms with Gasteiger partial charge in [0.05, 0.1) is 19.1 Å². The largest absolute Gasteiger partial charge is 0.390 e. The Bertz CT molecular complexity index is 187. The van der Waals surface area contributed by atoms with E-state index in [0.717, 1.165) is 13.1 Å². The van der Waals surface area contributed by atoms with Crippen LogP contribution in [0.1, 0.15) is 6.42 Å². The van der Waals surface area contributed by atoms with E-state index in [1.807, 2.05) is 7.05 Å². The van der Waals surface area contributed by atoms with Gasteiger partial charge in [-0.3, -0.25) is 0 Å². The molecule has 0 aromatic rings. The topological polar surface area (TPSA) is 24.5 Å². The number of halogens is 3. The van der Waals surface area contributed by atoms with Crippen LogP contribution in [0, 0.1) is 0 Å². The first-order chi connectivity index (χ1) is 6.97. The van der Waals surface area contributed by atoms with Crippen molar-refractivity contribution in [2.75, 3.05) is 39.8 Å². The molecular formula is C9H17F3N2O. The van der Waals surface area contributed by atoms with Gasteiger partial charge in [0.25, 0.3) is 0 Å². The normalized spacial score (nSPS) is 24.4. The molecule has 3 nitrogen and oxygen atoms in total. The zero-order valence-electron chi connectivity index (χ0n) is 8.81. The second kappa shape index (κ2) is 5.67. The SMILES string of the molecule is CN1CCOC(CNCCC(F)(F)F)C1. The quantitative estimate of drug-likeness (QED) is 0.719. The Balaban J connectivity index is 2.04. The lowest BCUT2D eigenvalue weighted by molar-refractivity contribution is -0.133. The van der Waals surface area contributed by atoms with E-state index in [4.69, 9.17) is 4.74 Å². The molecule has 1 saturated heterocycles. The molecule has 1 unspecified atom stereocenters. The lowest BCUT2D eigenvalue weighted by Gasteiger charge is -2.30. The number of morpholine rings is 1. The molecule has 0 saturated carbocycles. The Labute approximate surface area is 87.6 Å². The van der Waals surface area contributed by atoms with E-state index >= 15 is 0 Å². The van der Waals surface area contributed by atoms with Gasteiger partial charge in [-0.1, -0.05) is 0 Å². The Morgan fingerprint density at radius 3 is 2.80 bits per heavy atom. The molecule has 1 fully saturated rings. The summed E-state index contributed by atoms with van der Waals surface area (Å²) in [6.45, 7) is 2.77. The van der Waals surface area contributed by atoms with Gasteiger partial charge in [-0.15, -0.1) is 0 Å². The lowest BCUT2D eigenvalue weighted by Crippen LogP contribution is -2.45. The van der Waals surface area contributed by atoms with E-state index in [0.29, 0.717) is 13.2 Å². The van der Waals surface area contributed by atoms with Crippen molar-refractivity contribution >= 4 is 0 Å². The number of alkyl halides is 3. The minimum absolute atomic E-state index is 0.0111. The van der Waals surface area contributed by atoms with Gasteiger partial charge in [0.15, 0.2) is 0 Å². The molecule has 15 heavy (non-hydrogen) atoms. The highest BCUT2D eigenvalue weighted by Gasteiger charge is 2.26. The van der Waals surface area contributed by atoms with Gasteiger partial charge in [-0.05, 0) is 7.05 Å². The summed E-state index contributed by atoms with van der Waals surface area (Å²) in [7, 11) is 1.98. The van der Waals surface area contributed by atoms with Crippen molar-refractivity contribution in [2.24, 2.45) is 0 Å². The first-order valence-corrected chi connectivity index (χ1v) is 5.05. The van der Waals surface area contributed by atoms with Crippen LogP contribution in [-0.2, 0) is 4.74 Å². The van der Waals surface area contributed by atoms with E-state index in [2.05, 4.69) is 10.2 Å². The third-order valence-corrected chi connectivity index (χ3v) is 2.30. The fourth-order valence-electron chi connectivity index (χ4n) is 1.48. The van der Waals surface area contributed by atoms with Crippen molar-refractivity contribution in [3.05, 3.63) is 0 Å². The molecule has 0 amide bonds. The van der Waals surface area contributed by atoms with Crippen LogP contribution in [-0.4, -0.2) is 57.0 Å². The van der Waals surface area contributed by atoms with Crippen molar-refractivity contribution in [3.8, 4) is 0 Å². The monoisotopic (exact) mass is 226 g/mol. The average molecular weight is 226 g/mol. The predicted octanol–water partition coefficient (Wildman–Crippen LogP) is 0.859. The van der Waals surface area contributed by atoms with Gasteiger partial charge in [0.1, 0.15) is 0 Å². The van der Waals surface area contributed by atoms with Crippen LogP contribution in [0.3, 0.4) is 0 Å². The first kappa shape index (κ1) is 12.7. The summed E-state index contributed by atoms with van der Waals surface area (Å²) in [6.07, 6.45) is -4.84. The highest BCUT2D eigenvalue weighted by Crippen LogP contribution is 2.18. The molecule has 0 aliphatic carbocycles. The summed E-state index contributed by atoms with van der Waals surface area (Å²) in [5.41, 5.74) is 0. The molecule has 1 atom stereocenters. The predicted molar refractivity (Wildman–Crippen MR) is 50.8 cm³/mol. The molecule has 0 radical (unpaired) electrons. The number of hydrogen-bond donors (Lipinski definition) is 1. The molecule has 6 heteroatoms. The Kier molecular flexibility index (Phi) is 4.82. The van der Waals surface area contributed by atoms with Crippen molar-refractivity contribution in [1.29, 1.82) is 0 Å². The maximum absolute atomic E-state index is 11.8. The van der Waals surface area contributed by atoms with E-state index in [1.165, 1.54) is 0 Å². The molecule has 1 heterocycles. The summed E-state index contributed by atoms with van der Waals surface area (Å²) >= 11 is 0. The number of rotatable bonds is 4. The van der Waals surface area contributed by atoms with E-state index in [9.17, 15) is 13.2 Å². The Hall–Kier alpha value is -0.330. The minimum atomic E-state index is -4.07. The third-order valence-electron chi connectivity index (χ3n) is 2.30. The fraction of sp³-hybridized carbons (Fsp3) is 1.00. The molecule has 90 valence electrons. The van der Waals surface area contributed by atoms with E-state index in [1.54, 1.807) is 0 Å². The molecular weight excluding hydrogens is 209 g/mol. The number of hydrogen-bond acceptors (Lipinski definition) is 3. The van der Waals surface area contributed by atoms with Gasteiger partial charge < -0.3 is 15.0 Å². The minimum Gasteiger partial charge on any atom is -0.374 e. The van der Waals surface area contributed by atoms with Crippen molar-refractivity contribution < 1.29 is 17.9 Å². The summed E-state index contributed by atoms with van der Waals surface area (Å²) in [5, 5.41) is 2.76. The lowest BCUT2D eigenvalue weighted by atomic mass is 10.3. The summed E-state index contributed by atoms with van der Waals surface area (Å²) < 4.78 is 40.8. The molecule has 0 aromatic heterocycles. The van der Waals surface area contributed by atoms with Crippen LogP contribution in [0.25, 0.3) is 0 Å². The Morgan fingerprint density at radius 2 is 2.20 bits per heavy atom.